The molecule has 0 saturated carbocycles. The third-order valence-electron chi connectivity index (χ3n) is 6.72. The van der Waals surface area contributed by atoms with Gasteiger partial charge in [0.1, 0.15) is 18.9 Å². The topological polar surface area (TPSA) is 46.5 Å². The van der Waals surface area contributed by atoms with Gasteiger partial charge in [0, 0.05) is 36.1 Å². The van der Waals surface area contributed by atoms with E-state index >= 15 is 0 Å². The van der Waals surface area contributed by atoms with Crippen LogP contribution >= 0.6 is 0 Å². The fourth-order valence-corrected chi connectivity index (χ4v) is 4.95. The smallest absolute Gasteiger partial charge is 0.243 e. The van der Waals surface area contributed by atoms with Crippen LogP contribution in [-0.2, 0) is 24.4 Å². The zero-order valence-corrected chi connectivity index (χ0v) is 20.5. The van der Waals surface area contributed by atoms with Gasteiger partial charge < -0.3 is 19.5 Å². The molecule has 5 rings (SSSR count). The Balaban J connectivity index is 1.52. The molecule has 35 heavy (non-hydrogen) atoms. The second kappa shape index (κ2) is 10.3. The van der Waals surface area contributed by atoms with Crippen molar-refractivity contribution in [3.63, 3.8) is 0 Å². The van der Waals surface area contributed by atoms with Crippen LogP contribution in [0.25, 0.3) is 10.9 Å². The van der Waals surface area contributed by atoms with Crippen LogP contribution < -0.4 is 10.1 Å². The lowest BCUT2D eigenvalue weighted by molar-refractivity contribution is -0.136. The molecule has 4 aromatic rings. The molecule has 1 N–H and O–H groups in total. The van der Waals surface area contributed by atoms with Crippen LogP contribution in [0, 0.1) is 5.92 Å². The molecule has 5 heteroatoms. The number of fused-ring (bicyclic) bond motifs is 3. The van der Waals surface area contributed by atoms with E-state index in [0.717, 1.165) is 39.9 Å². The first kappa shape index (κ1) is 23.0. The van der Waals surface area contributed by atoms with Crippen molar-refractivity contribution in [1.29, 1.82) is 0 Å². The first-order chi connectivity index (χ1) is 17.1. The summed E-state index contributed by atoms with van der Waals surface area (Å²) in [5.74, 6) is 1.40. The highest BCUT2D eigenvalue weighted by atomic mass is 16.5. The van der Waals surface area contributed by atoms with E-state index in [1.165, 1.54) is 0 Å². The summed E-state index contributed by atoms with van der Waals surface area (Å²) in [5.41, 5.74) is 4.36. The van der Waals surface area contributed by atoms with E-state index in [2.05, 4.69) is 60.1 Å². The second-order valence-electron chi connectivity index (χ2n) is 9.74. The number of benzene rings is 3. The Hall–Kier alpha value is -3.73. The second-order valence-corrected chi connectivity index (χ2v) is 9.74. The number of amides is 1. The maximum Gasteiger partial charge on any atom is 0.243 e. The molecule has 0 bridgehead atoms. The zero-order chi connectivity index (χ0) is 24.2. The van der Waals surface area contributed by atoms with E-state index in [4.69, 9.17) is 4.74 Å². The molecule has 1 aliphatic heterocycles. The Kier molecular flexibility index (Phi) is 6.75. The fraction of sp³-hybridized carbons (Fsp3) is 0.300. The largest absolute Gasteiger partial charge is 0.491 e. The van der Waals surface area contributed by atoms with Crippen molar-refractivity contribution in [2.24, 2.45) is 5.92 Å². The Bertz CT molecular complexity index is 1310. The summed E-state index contributed by atoms with van der Waals surface area (Å²) in [5, 5.41) is 4.72. The number of nitrogens with zero attached hydrogens (tertiary/aromatic N) is 2. The minimum Gasteiger partial charge on any atom is -0.491 e. The molecule has 0 radical (unpaired) electrons. The average molecular weight is 468 g/mol. The Labute approximate surface area is 207 Å². The summed E-state index contributed by atoms with van der Waals surface area (Å²) in [6.45, 7) is 6.39. The highest BCUT2D eigenvalue weighted by Gasteiger charge is 2.27. The molecular formula is C30H33N3O2. The molecule has 1 amide bonds. The summed E-state index contributed by atoms with van der Waals surface area (Å²) in [6, 6.07) is 26.7. The van der Waals surface area contributed by atoms with Gasteiger partial charge in [0.25, 0.3) is 0 Å². The van der Waals surface area contributed by atoms with Crippen LogP contribution in [0.5, 0.6) is 5.75 Å². The predicted octanol–water partition coefficient (Wildman–Crippen LogP) is 6.09. The first-order valence-corrected chi connectivity index (χ1v) is 12.4. The van der Waals surface area contributed by atoms with Crippen LogP contribution in [0.15, 0.2) is 85.1 Å². The van der Waals surface area contributed by atoms with Crippen molar-refractivity contribution < 1.29 is 9.53 Å². The Morgan fingerprint density at radius 1 is 0.971 bits per heavy atom. The van der Waals surface area contributed by atoms with E-state index in [9.17, 15) is 4.79 Å². The van der Waals surface area contributed by atoms with Crippen molar-refractivity contribution in [3.05, 3.63) is 96.2 Å². The molecule has 0 fully saturated rings. The van der Waals surface area contributed by atoms with Crippen molar-refractivity contribution in [3.8, 4) is 5.75 Å². The summed E-state index contributed by atoms with van der Waals surface area (Å²) in [6.07, 6.45) is 2.88. The van der Waals surface area contributed by atoms with Gasteiger partial charge in [-0.15, -0.1) is 0 Å². The molecule has 0 unspecified atom stereocenters. The lowest BCUT2D eigenvalue weighted by atomic mass is 10.0. The van der Waals surface area contributed by atoms with Crippen LogP contribution in [0.4, 0.5) is 5.69 Å². The van der Waals surface area contributed by atoms with Crippen molar-refractivity contribution in [2.45, 2.75) is 45.9 Å². The molecule has 3 aromatic carbocycles. The van der Waals surface area contributed by atoms with Gasteiger partial charge in [-0.2, -0.15) is 0 Å². The van der Waals surface area contributed by atoms with Gasteiger partial charge in [0.2, 0.25) is 5.91 Å². The molecular weight excluding hydrogens is 434 g/mol. The number of ether oxygens (including phenoxy) is 1. The molecule has 1 aliphatic rings. The third kappa shape index (κ3) is 5.19. The first-order valence-electron chi connectivity index (χ1n) is 12.4. The maximum absolute atomic E-state index is 13.9. The minimum atomic E-state index is -0.0384. The number of nitrogens with one attached hydrogen (secondary N) is 1. The average Bonchev–Trinajstić information content (AvgIpc) is 3.26. The van der Waals surface area contributed by atoms with E-state index < -0.39 is 0 Å². The monoisotopic (exact) mass is 467 g/mol. The number of para-hydroxylation sites is 3. The Morgan fingerprint density at radius 2 is 1.71 bits per heavy atom. The van der Waals surface area contributed by atoms with E-state index in [1.807, 2.05) is 53.6 Å². The fourth-order valence-electron chi connectivity index (χ4n) is 4.95. The Morgan fingerprint density at radius 3 is 2.57 bits per heavy atom. The summed E-state index contributed by atoms with van der Waals surface area (Å²) in [7, 11) is 0. The molecule has 1 atom stereocenters. The molecule has 180 valence electrons. The van der Waals surface area contributed by atoms with Crippen LogP contribution in [0.2, 0.25) is 0 Å². The summed E-state index contributed by atoms with van der Waals surface area (Å²) >= 11 is 0. The highest BCUT2D eigenvalue weighted by Crippen LogP contribution is 2.27. The summed E-state index contributed by atoms with van der Waals surface area (Å²) in [4.78, 5) is 16.0. The lowest BCUT2D eigenvalue weighted by Crippen LogP contribution is -2.45. The van der Waals surface area contributed by atoms with Crippen LogP contribution in [-0.4, -0.2) is 28.0 Å². The van der Waals surface area contributed by atoms with Gasteiger partial charge >= 0.3 is 0 Å². The van der Waals surface area contributed by atoms with Gasteiger partial charge in [-0.25, -0.2) is 0 Å². The van der Waals surface area contributed by atoms with Gasteiger partial charge in [0.15, 0.2) is 0 Å². The minimum absolute atomic E-state index is 0.0384. The van der Waals surface area contributed by atoms with E-state index in [-0.39, 0.29) is 11.9 Å². The highest BCUT2D eigenvalue weighted by molar-refractivity contribution is 5.83. The maximum atomic E-state index is 13.9. The quantitative estimate of drug-likeness (QED) is 0.395. The number of rotatable bonds is 4. The van der Waals surface area contributed by atoms with Gasteiger partial charge in [-0.05, 0) is 47.6 Å². The lowest BCUT2D eigenvalue weighted by Gasteiger charge is -2.33. The summed E-state index contributed by atoms with van der Waals surface area (Å²) < 4.78 is 8.43. The third-order valence-corrected chi connectivity index (χ3v) is 6.72. The number of hydrogen-bond acceptors (Lipinski definition) is 3. The number of anilines is 1. The number of aromatic nitrogens is 1. The number of carbonyl (C=O) groups excluding carboxylic acids is 1. The van der Waals surface area contributed by atoms with Crippen LogP contribution in [0.3, 0.4) is 0 Å². The number of carbonyl (C=O) groups is 1. The van der Waals surface area contributed by atoms with Crippen molar-refractivity contribution in [2.75, 3.05) is 11.9 Å². The predicted molar refractivity (Wildman–Crippen MR) is 141 cm³/mol. The molecule has 5 nitrogen and oxygen atoms in total. The molecule has 2 heterocycles. The molecule has 0 spiro atoms. The van der Waals surface area contributed by atoms with Gasteiger partial charge in [-0.1, -0.05) is 68.4 Å². The van der Waals surface area contributed by atoms with Crippen molar-refractivity contribution >= 4 is 22.5 Å². The zero-order valence-electron chi connectivity index (χ0n) is 20.5. The normalized spacial score (nSPS) is 16.1. The van der Waals surface area contributed by atoms with E-state index in [0.29, 0.717) is 32.2 Å². The number of hydrogen-bond donors (Lipinski definition) is 1. The van der Waals surface area contributed by atoms with E-state index in [1.54, 1.807) is 0 Å². The van der Waals surface area contributed by atoms with Crippen molar-refractivity contribution in [1.82, 2.24) is 9.47 Å². The standard InChI is InChI=1S/C30H33N3O2/c1-22(2)17-26-21-35-29-14-8-5-10-24(29)18-31-27-12-6-3-11-25(27)19-33(26)30(34)20-32-16-15-23-9-4-7-13-28(23)32/h3-16,22,26,31H,17-21H2,1-2H3/t26-/m0/s1. The molecule has 1 aromatic heterocycles. The van der Waals surface area contributed by atoms with Crippen LogP contribution in [0.1, 0.15) is 31.4 Å². The molecule has 0 saturated heterocycles. The molecule has 0 aliphatic carbocycles. The van der Waals surface area contributed by atoms with Gasteiger partial charge in [-0.3, -0.25) is 4.79 Å². The van der Waals surface area contributed by atoms with Gasteiger partial charge in [0.05, 0.1) is 6.04 Å². The SMILES string of the molecule is CC(C)C[C@H]1COc2ccccc2CNc2ccccc2CN1C(=O)Cn1ccc2ccccc21.